The average molecular weight is 583 g/mol. The van der Waals surface area contributed by atoms with Crippen molar-refractivity contribution in [3.63, 3.8) is 0 Å². The lowest BCUT2D eigenvalue weighted by Gasteiger charge is -2.15. The highest BCUT2D eigenvalue weighted by atomic mass is 16.6. The van der Waals surface area contributed by atoms with Gasteiger partial charge in [0.25, 0.3) is 0 Å². The molecule has 0 radical (unpaired) electrons. The summed E-state index contributed by atoms with van der Waals surface area (Å²) in [5, 5.41) is 9.51. The van der Waals surface area contributed by atoms with Crippen molar-refractivity contribution < 1.29 is 24.2 Å². The molecule has 1 N–H and O–H groups in total. The summed E-state index contributed by atoms with van der Waals surface area (Å²) in [5.41, 5.74) is 0. The van der Waals surface area contributed by atoms with Gasteiger partial charge >= 0.3 is 11.9 Å². The lowest BCUT2D eigenvalue weighted by molar-refractivity contribution is -0.161. The fraction of sp³-hybridized carbons (Fsp3) is 0.944. The molecule has 0 aliphatic carbocycles. The van der Waals surface area contributed by atoms with Crippen LogP contribution >= 0.6 is 0 Å². The highest BCUT2D eigenvalue weighted by Gasteiger charge is 2.16. The van der Waals surface area contributed by atoms with Crippen LogP contribution in [0, 0.1) is 11.8 Å². The molecule has 1 unspecified atom stereocenters. The van der Waals surface area contributed by atoms with Crippen LogP contribution in [-0.4, -0.2) is 36.4 Å². The Morgan fingerprint density at radius 1 is 0.561 bits per heavy atom. The quantitative estimate of drug-likeness (QED) is 0.0650. The molecule has 0 aromatic heterocycles. The van der Waals surface area contributed by atoms with Crippen molar-refractivity contribution in [1.82, 2.24) is 0 Å². The second-order valence-corrected chi connectivity index (χ2v) is 13.0. The second kappa shape index (κ2) is 30.4. The predicted octanol–water partition coefficient (Wildman–Crippen LogP) is 10.5. The molecule has 5 nitrogen and oxygen atoms in total. The summed E-state index contributed by atoms with van der Waals surface area (Å²) >= 11 is 0. The number of carbonyl (C=O) groups is 2. The van der Waals surface area contributed by atoms with E-state index in [4.69, 9.17) is 9.47 Å². The van der Waals surface area contributed by atoms with Gasteiger partial charge in [-0.1, -0.05) is 163 Å². The number of aliphatic hydroxyl groups is 1. The van der Waals surface area contributed by atoms with E-state index < -0.39 is 6.10 Å². The molecule has 0 amide bonds. The first-order valence-electron chi connectivity index (χ1n) is 17.8. The maximum absolute atomic E-state index is 12.1. The van der Waals surface area contributed by atoms with Crippen molar-refractivity contribution in [3.05, 3.63) is 0 Å². The standard InChI is InChI=1S/C36H70O5/c1-5-33(4)27-23-19-15-12-13-16-20-24-28-35(38)40-31-34(30-37)41-36(39)29-25-21-17-11-9-7-6-8-10-14-18-22-26-32(2)3/h32-34,37H,5-31H2,1-4H3/t33?,34-/m0/s1. The number of ether oxygens (including phenoxy) is 2. The van der Waals surface area contributed by atoms with Crippen LogP contribution in [0.4, 0.5) is 0 Å². The Balaban J connectivity index is 3.55. The van der Waals surface area contributed by atoms with E-state index in [1.165, 1.54) is 109 Å². The Morgan fingerprint density at radius 2 is 0.951 bits per heavy atom. The molecule has 2 atom stereocenters. The van der Waals surface area contributed by atoms with E-state index in [0.29, 0.717) is 12.8 Å². The van der Waals surface area contributed by atoms with Crippen LogP contribution in [0.2, 0.25) is 0 Å². The zero-order chi connectivity index (χ0) is 30.4. The zero-order valence-corrected chi connectivity index (χ0v) is 27.9. The van der Waals surface area contributed by atoms with Crippen LogP contribution in [0.15, 0.2) is 0 Å². The summed E-state index contributed by atoms with van der Waals surface area (Å²) in [4.78, 5) is 24.1. The molecule has 0 bridgehead atoms. The van der Waals surface area contributed by atoms with Gasteiger partial charge in [0.1, 0.15) is 6.61 Å². The number of carbonyl (C=O) groups excluding carboxylic acids is 2. The maximum Gasteiger partial charge on any atom is 0.306 e. The fourth-order valence-corrected chi connectivity index (χ4v) is 5.24. The van der Waals surface area contributed by atoms with Crippen molar-refractivity contribution in [2.75, 3.05) is 13.2 Å². The third-order valence-electron chi connectivity index (χ3n) is 8.37. The Labute approximate surface area is 255 Å². The maximum atomic E-state index is 12.1. The first-order valence-corrected chi connectivity index (χ1v) is 17.8. The fourth-order valence-electron chi connectivity index (χ4n) is 5.24. The summed E-state index contributed by atoms with van der Waals surface area (Å²) in [6.07, 6.45) is 28.7. The highest BCUT2D eigenvalue weighted by molar-refractivity contribution is 5.70. The molecule has 41 heavy (non-hydrogen) atoms. The zero-order valence-electron chi connectivity index (χ0n) is 27.9. The first kappa shape index (κ1) is 39.9. The van der Waals surface area contributed by atoms with E-state index in [2.05, 4.69) is 27.7 Å². The molecule has 0 aliphatic heterocycles. The number of hydrogen-bond acceptors (Lipinski definition) is 5. The summed E-state index contributed by atoms with van der Waals surface area (Å²) < 4.78 is 10.6. The van der Waals surface area contributed by atoms with E-state index in [0.717, 1.165) is 50.4 Å². The molecule has 0 saturated carbocycles. The van der Waals surface area contributed by atoms with Gasteiger partial charge in [0.15, 0.2) is 6.10 Å². The molecule has 0 aromatic carbocycles. The number of esters is 2. The molecule has 0 saturated heterocycles. The van der Waals surface area contributed by atoms with Gasteiger partial charge < -0.3 is 14.6 Å². The Kier molecular flexibility index (Phi) is 29.5. The first-order chi connectivity index (χ1) is 19.9. The van der Waals surface area contributed by atoms with Gasteiger partial charge in [-0.05, 0) is 24.7 Å². The van der Waals surface area contributed by atoms with Gasteiger partial charge in [0.05, 0.1) is 6.61 Å². The van der Waals surface area contributed by atoms with Gasteiger partial charge in [-0.15, -0.1) is 0 Å². The van der Waals surface area contributed by atoms with Crippen LogP contribution in [0.3, 0.4) is 0 Å². The molecule has 244 valence electrons. The monoisotopic (exact) mass is 583 g/mol. The summed E-state index contributed by atoms with van der Waals surface area (Å²) in [5.74, 6) is 1.12. The third kappa shape index (κ3) is 30.2. The molecule has 0 rings (SSSR count). The molecule has 0 spiro atoms. The van der Waals surface area contributed by atoms with Crippen molar-refractivity contribution in [2.24, 2.45) is 11.8 Å². The van der Waals surface area contributed by atoms with Crippen LogP contribution in [0.1, 0.15) is 188 Å². The van der Waals surface area contributed by atoms with E-state index in [1.54, 1.807) is 0 Å². The van der Waals surface area contributed by atoms with Crippen molar-refractivity contribution in [1.29, 1.82) is 0 Å². The minimum atomic E-state index is -0.762. The van der Waals surface area contributed by atoms with Crippen LogP contribution < -0.4 is 0 Å². The second-order valence-electron chi connectivity index (χ2n) is 13.0. The molecular weight excluding hydrogens is 512 g/mol. The molecule has 5 heteroatoms. The average Bonchev–Trinajstić information content (AvgIpc) is 2.95. The molecule has 0 aliphatic rings. The highest BCUT2D eigenvalue weighted by Crippen LogP contribution is 2.16. The summed E-state index contributed by atoms with van der Waals surface area (Å²) in [7, 11) is 0. The van der Waals surface area contributed by atoms with Gasteiger partial charge in [0.2, 0.25) is 0 Å². The topological polar surface area (TPSA) is 72.8 Å². The summed E-state index contributed by atoms with van der Waals surface area (Å²) in [6, 6.07) is 0. The number of aliphatic hydroxyl groups excluding tert-OH is 1. The third-order valence-corrected chi connectivity index (χ3v) is 8.37. The van der Waals surface area contributed by atoms with E-state index in [1.807, 2.05) is 0 Å². The largest absolute Gasteiger partial charge is 0.462 e. The van der Waals surface area contributed by atoms with Gasteiger partial charge in [0, 0.05) is 12.8 Å². The minimum Gasteiger partial charge on any atom is -0.462 e. The lowest BCUT2D eigenvalue weighted by Crippen LogP contribution is -2.28. The van der Waals surface area contributed by atoms with Gasteiger partial charge in [-0.25, -0.2) is 0 Å². The van der Waals surface area contributed by atoms with Crippen molar-refractivity contribution in [2.45, 2.75) is 194 Å². The van der Waals surface area contributed by atoms with Crippen molar-refractivity contribution in [3.8, 4) is 0 Å². The smallest absolute Gasteiger partial charge is 0.306 e. The molecule has 0 fully saturated rings. The molecule has 0 aromatic rings. The SMILES string of the molecule is CCC(C)CCCCCCCCCCC(=O)OC[C@H](CO)OC(=O)CCCCCCCCCCCCCCC(C)C. The Morgan fingerprint density at radius 3 is 1.37 bits per heavy atom. The van der Waals surface area contributed by atoms with Crippen LogP contribution in [0.25, 0.3) is 0 Å². The van der Waals surface area contributed by atoms with E-state index in [9.17, 15) is 14.7 Å². The Bertz CT molecular complexity index is 576. The normalized spacial score (nSPS) is 12.9. The number of rotatable bonds is 31. The van der Waals surface area contributed by atoms with E-state index >= 15 is 0 Å². The predicted molar refractivity (Wildman–Crippen MR) is 173 cm³/mol. The van der Waals surface area contributed by atoms with E-state index in [-0.39, 0.29) is 25.2 Å². The summed E-state index contributed by atoms with van der Waals surface area (Å²) in [6.45, 7) is 8.83. The van der Waals surface area contributed by atoms with Crippen molar-refractivity contribution >= 4 is 11.9 Å². The lowest BCUT2D eigenvalue weighted by atomic mass is 9.99. The van der Waals surface area contributed by atoms with Crippen LogP contribution in [0.5, 0.6) is 0 Å². The van der Waals surface area contributed by atoms with Crippen LogP contribution in [-0.2, 0) is 19.1 Å². The van der Waals surface area contributed by atoms with Gasteiger partial charge in [-0.2, -0.15) is 0 Å². The number of unbranched alkanes of at least 4 members (excludes halogenated alkanes) is 18. The molecular formula is C36H70O5. The van der Waals surface area contributed by atoms with Gasteiger partial charge in [-0.3, -0.25) is 9.59 Å². The Hall–Kier alpha value is -1.10. The minimum absolute atomic E-state index is 0.0599. The number of hydrogen-bond donors (Lipinski definition) is 1. The molecule has 0 heterocycles.